The van der Waals surface area contributed by atoms with Crippen LogP contribution in [0.1, 0.15) is 39.0 Å². The first-order valence-corrected chi connectivity index (χ1v) is 6.77. The summed E-state index contributed by atoms with van der Waals surface area (Å²) < 4.78 is 4.76. The minimum Gasteiger partial charge on any atom is -0.375 e. The van der Waals surface area contributed by atoms with Crippen molar-refractivity contribution in [2.75, 3.05) is 33.4 Å². The van der Waals surface area contributed by atoms with Crippen LogP contribution in [-0.2, 0) is 9.53 Å². The van der Waals surface area contributed by atoms with E-state index in [1.165, 1.54) is 32.2 Å². The third-order valence-corrected chi connectivity index (χ3v) is 3.44. The van der Waals surface area contributed by atoms with E-state index in [2.05, 4.69) is 17.1 Å². The van der Waals surface area contributed by atoms with Crippen molar-refractivity contribution in [3.05, 3.63) is 0 Å². The lowest BCUT2D eigenvalue weighted by molar-refractivity contribution is -0.124. The third kappa shape index (κ3) is 5.50. The Balaban J connectivity index is 2.10. The van der Waals surface area contributed by atoms with Gasteiger partial charge in [-0.3, -0.25) is 4.79 Å². The monoisotopic (exact) mass is 242 g/mol. The molecule has 1 heterocycles. The SMILES string of the molecule is CC[C@H]1CCCCN1CCCNC(=O)COC. The number of hydrogen-bond donors (Lipinski definition) is 1. The van der Waals surface area contributed by atoms with Crippen LogP contribution in [-0.4, -0.2) is 50.2 Å². The van der Waals surface area contributed by atoms with Crippen molar-refractivity contribution >= 4 is 5.91 Å². The molecule has 0 aromatic heterocycles. The Morgan fingerprint density at radius 1 is 1.47 bits per heavy atom. The summed E-state index contributed by atoms with van der Waals surface area (Å²) in [5.41, 5.74) is 0. The normalized spacial score (nSPS) is 21.4. The quantitative estimate of drug-likeness (QED) is 0.686. The second-order valence-corrected chi connectivity index (χ2v) is 4.73. The molecule has 1 N–H and O–H groups in total. The molecule has 1 aliphatic heterocycles. The maximum Gasteiger partial charge on any atom is 0.245 e. The van der Waals surface area contributed by atoms with E-state index in [0.29, 0.717) is 0 Å². The molecule has 0 spiro atoms. The lowest BCUT2D eigenvalue weighted by Crippen LogP contribution is -2.40. The molecule has 1 aliphatic rings. The molecule has 0 aliphatic carbocycles. The second-order valence-electron chi connectivity index (χ2n) is 4.73. The van der Waals surface area contributed by atoms with E-state index in [-0.39, 0.29) is 12.5 Å². The molecule has 4 nitrogen and oxygen atoms in total. The Hall–Kier alpha value is -0.610. The van der Waals surface area contributed by atoms with E-state index >= 15 is 0 Å². The number of rotatable bonds is 7. The standard InChI is InChI=1S/C13H26N2O2/c1-3-12-7-4-5-9-15(12)10-6-8-14-13(16)11-17-2/h12H,3-11H2,1-2H3,(H,14,16)/t12-/m0/s1. The lowest BCUT2D eigenvalue weighted by Gasteiger charge is -2.35. The number of methoxy groups -OCH3 is 1. The number of hydrogen-bond acceptors (Lipinski definition) is 3. The maximum atomic E-state index is 11.2. The molecular formula is C13H26N2O2. The number of nitrogens with zero attached hydrogens (tertiary/aromatic N) is 1. The minimum atomic E-state index is -0.0156. The minimum absolute atomic E-state index is 0.0156. The van der Waals surface area contributed by atoms with E-state index in [0.717, 1.165) is 25.6 Å². The Morgan fingerprint density at radius 2 is 2.29 bits per heavy atom. The smallest absolute Gasteiger partial charge is 0.245 e. The molecule has 1 rings (SSSR count). The van der Waals surface area contributed by atoms with Gasteiger partial charge in [-0.25, -0.2) is 0 Å². The van der Waals surface area contributed by atoms with E-state index in [4.69, 9.17) is 4.74 Å². The zero-order valence-corrected chi connectivity index (χ0v) is 11.2. The average Bonchev–Trinajstić information content (AvgIpc) is 2.35. The van der Waals surface area contributed by atoms with Gasteiger partial charge in [-0.2, -0.15) is 0 Å². The van der Waals surface area contributed by atoms with E-state index in [9.17, 15) is 4.79 Å². The second kappa shape index (κ2) is 8.48. The fourth-order valence-electron chi connectivity index (χ4n) is 2.51. The molecule has 0 bridgehead atoms. The summed E-state index contributed by atoms with van der Waals surface area (Å²) in [6.45, 7) is 5.52. The summed E-state index contributed by atoms with van der Waals surface area (Å²) in [5.74, 6) is -0.0156. The van der Waals surface area contributed by atoms with Crippen LogP contribution in [0.4, 0.5) is 0 Å². The molecule has 0 radical (unpaired) electrons. The van der Waals surface area contributed by atoms with Crippen LogP contribution in [0, 0.1) is 0 Å². The molecule has 0 saturated carbocycles. The molecule has 1 amide bonds. The fourth-order valence-corrected chi connectivity index (χ4v) is 2.51. The molecule has 4 heteroatoms. The van der Waals surface area contributed by atoms with Crippen molar-refractivity contribution < 1.29 is 9.53 Å². The van der Waals surface area contributed by atoms with Crippen LogP contribution in [0.2, 0.25) is 0 Å². The molecule has 0 aromatic rings. The Morgan fingerprint density at radius 3 is 3.00 bits per heavy atom. The number of amides is 1. The van der Waals surface area contributed by atoms with Crippen molar-refractivity contribution in [3.63, 3.8) is 0 Å². The fraction of sp³-hybridized carbons (Fsp3) is 0.923. The predicted molar refractivity (Wildman–Crippen MR) is 69.0 cm³/mol. The first kappa shape index (κ1) is 14.5. The average molecular weight is 242 g/mol. The van der Waals surface area contributed by atoms with Gasteiger partial charge in [-0.1, -0.05) is 13.3 Å². The predicted octanol–water partition coefficient (Wildman–Crippen LogP) is 1.40. The van der Waals surface area contributed by atoms with Crippen molar-refractivity contribution in [2.45, 2.75) is 45.1 Å². The van der Waals surface area contributed by atoms with Gasteiger partial charge in [0.2, 0.25) is 5.91 Å². The molecule has 0 unspecified atom stereocenters. The summed E-state index contributed by atoms with van der Waals surface area (Å²) in [6.07, 6.45) is 6.32. The van der Waals surface area contributed by atoms with Gasteiger partial charge in [-0.05, 0) is 32.2 Å². The van der Waals surface area contributed by atoms with E-state index in [1.807, 2.05) is 0 Å². The van der Waals surface area contributed by atoms with Crippen molar-refractivity contribution in [3.8, 4) is 0 Å². The number of carbonyl (C=O) groups is 1. The molecule has 100 valence electrons. The zero-order valence-electron chi connectivity index (χ0n) is 11.2. The maximum absolute atomic E-state index is 11.2. The highest BCUT2D eigenvalue weighted by Gasteiger charge is 2.19. The molecule has 17 heavy (non-hydrogen) atoms. The van der Waals surface area contributed by atoms with Crippen LogP contribution < -0.4 is 5.32 Å². The van der Waals surface area contributed by atoms with Gasteiger partial charge in [0, 0.05) is 26.2 Å². The van der Waals surface area contributed by atoms with Crippen molar-refractivity contribution in [1.82, 2.24) is 10.2 Å². The lowest BCUT2D eigenvalue weighted by atomic mass is 10.00. The number of carbonyl (C=O) groups excluding carboxylic acids is 1. The van der Waals surface area contributed by atoms with Gasteiger partial charge in [0.15, 0.2) is 0 Å². The topological polar surface area (TPSA) is 41.6 Å². The Bertz CT molecular complexity index is 221. The number of ether oxygens (including phenoxy) is 1. The van der Waals surface area contributed by atoms with Gasteiger partial charge in [0.05, 0.1) is 0 Å². The van der Waals surface area contributed by atoms with Crippen LogP contribution >= 0.6 is 0 Å². The summed E-state index contributed by atoms with van der Waals surface area (Å²) in [4.78, 5) is 13.7. The molecule has 0 aromatic carbocycles. The van der Waals surface area contributed by atoms with Gasteiger partial charge in [0.1, 0.15) is 6.61 Å². The highest BCUT2D eigenvalue weighted by atomic mass is 16.5. The highest BCUT2D eigenvalue weighted by Crippen LogP contribution is 2.19. The third-order valence-electron chi connectivity index (χ3n) is 3.44. The van der Waals surface area contributed by atoms with Crippen LogP contribution in [0.15, 0.2) is 0 Å². The molecule has 1 fully saturated rings. The van der Waals surface area contributed by atoms with Crippen molar-refractivity contribution in [1.29, 1.82) is 0 Å². The number of likely N-dealkylation sites (tertiary alicyclic amines) is 1. The summed E-state index contributed by atoms with van der Waals surface area (Å²) >= 11 is 0. The van der Waals surface area contributed by atoms with Crippen LogP contribution in [0.5, 0.6) is 0 Å². The van der Waals surface area contributed by atoms with Crippen molar-refractivity contribution in [2.24, 2.45) is 0 Å². The van der Waals surface area contributed by atoms with E-state index < -0.39 is 0 Å². The zero-order chi connectivity index (χ0) is 12.5. The molecule has 1 saturated heterocycles. The van der Waals surface area contributed by atoms with Gasteiger partial charge in [-0.15, -0.1) is 0 Å². The summed E-state index contributed by atoms with van der Waals surface area (Å²) in [7, 11) is 1.54. The Kier molecular flexibility index (Phi) is 7.21. The first-order valence-electron chi connectivity index (χ1n) is 6.77. The van der Waals surface area contributed by atoms with Crippen LogP contribution in [0.25, 0.3) is 0 Å². The summed E-state index contributed by atoms with van der Waals surface area (Å²) in [5, 5.41) is 2.87. The largest absolute Gasteiger partial charge is 0.375 e. The summed E-state index contributed by atoms with van der Waals surface area (Å²) in [6, 6.07) is 0.762. The van der Waals surface area contributed by atoms with Crippen LogP contribution in [0.3, 0.4) is 0 Å². The highest BCUT2D eigenvalue weighted by molar-refractivity contribution is 5.77. The molecular weight excluding hydrogens is 216 g/mol. The van der Waals surface area contributed by atoms with Gasteiger partial charge >= 0.3 is 0 Å². The van der Waals surface area contributed by atoms with E-state index in [1.54, 1.807) is 7.11 Å². The first-order chi connectivity index (χ1) is 8.27. The van der Waals surface area contributed by atoms with Gasteiger partial charge in [0.25, 0.3) is 0 Å². The number of piperidine rings is 1. The number of nitrogens with one attached hydrogen (secondary N) is 1. The molecule has 1 atom stereocenters. The Labute approximate surface area is 105 Å². The van der Waals surface area contributed by atoms with Gasteiger partial charge < -0.3 is 15.0 Å².